The first-order valence-electron chi connectivity index (χ1n) is 12.3. The molecule has 0 saturated carbocycles. The van der Waals surface area contributed by atoms with Crippen molar-refractivity contribution in [1.29, 1.82) is 0 Å². The van der Waals surface area contributed by atoms with Crippen LogP contribution in [0.5, 0.6) is 11.5 Å². The predicted octanol–water partition coefficient (Wildman–Crippen LogP) is 6.85. The zero-order valence-corrected chi connectivity index (χ0v) is 21.0. The number of likely N-dealkylation sites (N-methyl/N-ethyl adjacent to an activating group) is 1. The first kappa shape index (κ1) is 24.3. The molecular formula is C32H29NO4. The Bertz CT molecular complexity index is 1470. The largest absolute Gasteiger partial charge is 0.497 e. The van der Waals surface area contributed by atoms with Crippen LogP contribution in [0.4, 0.5) is 0 Å². The highest BCUT2D eigenvalue weighted by molar-refractivity contribution is 6.19. The Morgan fingerprint density at radius 3 is 2.22 bits per heavy atom. The minimum atomic E-state index is -0.0927. The Hall–Kier alpha value is -4.35. The summed E-state index contributed by atoms with van der Waals surface area (Å²) in [6.45, 7) is 2.22. The highest BCUT2D eigenvalue weighted by atomic mass is 16.5. The molecule has 4 aromatic carbocycles. The second-order valence-corrected chi connectivity index (χ2v) is 8.96. The lowest BCUT2D eigenvalue weighted by Crippen LogP contribution is -2.23. The van der Waals surface area contributed by atoms with Crippen molar-refractivity contribution in [3.63, 3.8) is 0 Å². The number of para-hydroxylation sites is 1. The van der Waals surface area contributed by atoms with Crippen LogP contribution in [0, 0.1) is 0 Å². The van der Waals surface area contributed by atoms with Gasteiger partial charge in [0, 0.05) is 29.6 Å². The zero-order valence-electron chi connectivity index (χ0n) is 21.0. The number of carbonyl (C=O) groups is 1. The summed E-state index contributed by atoms with van der Waals surface area (Å²) in [4.78, 5) is 15.9. The molecule has 0 amide bonds. The number of furan rings is 1. The van der Waals surface area contributed by atoms with Gasteiger partial charge in [0.1, 0.15) is 29.4 Å². The van der Waals surface area contributed by atoms with Crippen molar-refractivity contribution in [3.05, 3.63) is 120 Å². The molecule has 1 heterocycles. The van der Waals surface area contributed by atoms with Crippen LogP contribution in [0.3, 0.4) is 0 Å². The van der Waals surface area contributed by atoms with E-state index >= 15 is 0 Å². The van der Waals surface area contributed by atoms with E-state index in [-0.39, 0.29) is 5.78 Å². The fourth-order valence-electron chi connectivity index (χ4n) is 4.36. The molecule has 5 heteroatoms. The molecule has 1 aromatic heterocycles. The predicted molar refractivity (Wildman–Crippen MR) is 146 cm³/mol. The highest BCUT2D eigenvalue weighted by Gasteiger charge is 2.23. The monoisotopic (exact) mass is 491 g/mol. The Labute approximate surface area is 216 Å². The number of ketones is 1. The summed E-state index contributed by atoms with van der Waals surface area (Å²) in [5.74, 6) is 1.94. The molecule has 186 valence electrons. The summed E-state index contributed by atoms with van der Waals surface area (Å²) in [5, 5.41) is 0.792. The summed E-state index contributed by atoms with van der Waals surface area (Å²) >= 11 is 0. The van der Waals surface area contributed by atoms with Gasteiger partial charge in [-0.15, -0.1) is 0 Å². The normalized spacial score (nSPS) is 11.1. The number of nitrogens with zero attached hydrogens (tertiary/aromatic N) is 1. The lowest BCUT2D eigenvalue weighted by Gasteiger charge is -2.17. The van der Waals surface area contributed by atoms with E-state index in [1.165, 1.54) is 5.56 Å². The van der Waals surface area contributed by atoms with E-state index in [0.29, 0.717) is 29.1 Å². The average Bonchev–Trinajstić information content (AvgIpc) is 3.33. The Kier molecular flexibility index (Phi) is 7.33. The zero-order chi connectivity index (χ0) is 25.6. The highest BCUT2D eigenvalue weighted by Crippen LogP contribution is 2.36. The molecule has 0 unspecified atom stereocenters. The fourth-order valence-corrected chi connectivity index (χ4v) is 4.36. The summed E-state index contributed by atoms with van der Waals surface area (Å²) in [6.07, 6.45) is 0. The molecule has 0 bridgehead atoms. The van der Waals surface area contributed by atoms with Crippen molar-refractivity contribution in [2.24, 2.45) is 0 Å². The molecule has 5 rings (SSSR count). The smallest absolute Gasteiger partial charge is 0.197 e. The Morgan fingerprint density at radius 2 is 1.49 bits per heavy atom. The van der Waals surface area contributed by atoms with Crippen LogP contribution >= 0.6 is 0 Å². The quantitative estimate of drug-likeness (QED) is 0.200. The number of benzene rings is 4. The van der Waals surface area contributed by atoms with Gasteiger partial charge < -0.3 is 13.9 Å². The minimum Gasteiger partial charge on any atom is -0.497 e. The summed E-state index contributed by atoms with van der Waals surface area (Å²) in [5.41, 5.74) is 3.90. The molecule has 5 nitrogen and oxygen atoms in total. The fraction of sp³-hybridized carbons (Fsp3) is 0.156. The summed E-state index contributed by atoms with van der Waals surface area (Å²) in [6, 6.07) is 32.8. The lowest BCUT2D eigenvalue weighted by atomic mass is 9.97. The van der Waals surface area contributed by atoms with Crippen LogP contribution in [0.2, 0.25) is 0 Å². The van der Waals surface area contributed by atoms with Gasteiger partial charge in [0.25, 0.3) is 0 Å². The Morgan fingerprint density at radius 1 is 0.811 bits per heavy atom. The Balaban J connectivity index is 1.30. The van der Waals surface area contributed by atoms with E-state index in [1.807, 2.05) is 78.9 Å². The van der Waals surface area contributed by atoms with Gasteiger partial charge in [0.05, 0.1) is 12.7 Å². The van der Waals surface area contributed by atoms with Crippen LogP contribution < -0.4 is 9.47 Å². The molecular weight excluding hydrogens is 462 g/mol. The molecule has 0 aliphatic heterocycles. The number of ether oxygens (including phenoxy) is 2. The number of rotatable bonds is 10. The lowest BCUT2D eigenvalue weighted by molar-refractivity contribution is 0.104. The standard InChI is InChI=1S/C32H29NO4/c1-33(22-23-8-4-3-5-9-23)20-21-36-27-18-12-24(13-19-27)31(34)30-28-10-6-7-11-29(28)37-32(30)25-14-16-26(35-2)17-15-25/h3-19H,20-22H2,1-2H3. The van der Waals surface area contributed by atoms with Gasteiger partial charge >= 0.3 is 0 Å². The second-order valence-electron chi connectivity index (χ2n) is 8.96. The summed E-state index contributed by atoms with van der Waals surface area (Å²) < 4.78 is 17.4. The second kappa shape index (κ2) is 11.1. The van der Waals surface area contributed by atoms with E-state index < -0.39 is 0 Å². The third kappa shape index (κ3) is 5.57. The number of methoxy groups -OCH3 is 1. The molecule has 0 spiro atoms. The molecule has 0 aliphatic carbocycles. The van der Waals surface area contributed by atoms with E-state index in [9.17, 15) is 4.79 Å². The molecule has 37 heavy (non-hydrogen) atoms. The maximum atomic E-state index is 13.7. The van der Waals surface area contributed by atoms with Gasteiger partial charge in [0.2, 0.25) is 0 Å². The van der Waals surface area contributed by atoms with Gasteiger partial charge in [0.15, 0.2) is 5.78 Å². The van der Waals surface area contributed by atoms with Gasteiger partial charge in [-0.2, -0.15) is 0 Å². The third-order valence-electron chi connectivity index (χ3n) is 6.33. The van der Waals surface area contributed by atoms with Crippen LogP contribution in [-0.2, 0) is 6.54 Å². The van der Waals surface area contributed by atoms with E-state index in [2.05, 4.69) is 36.2 Å². The van der Waals surface area contributed by atoms with Crippen molar-refractivity contribution in [3.8, 4) is 22.8 Å². The minimum absolute atomic E-state index is 0.0927. The average molecular weight is 492 g/mol. The van der Waals surface area contributed by atoms with Gasteiger partial charge in [-0.05, 0) is 67.2 Å². The molecule has 0 saturated heterocycles. The molecule has 0 atom stereocenters. The molecule has 0 N–H and O–H groups in total. The van der Waals surface area contributed by atoms with E-state index in [1.54, 1.807) is 7.11 Å². The van der Waals surface area contributed by atoms with Crippen molar-refractivity contribution in [2.45, 2.75) is 6.54 Å². The van der Waals surface area contributed by atoms with Crippen LogP contribution in [0.15, 0.2) is 108 Å². The number of hydrogen-bond acceptors (Lipinski definition) is 5. The van der Waals surface area contributed by atoms with Crippen LogP contribution in [0.25, 0.3) is 22.3 Å². The number of hydrogen-bond donors (Lipinski definition) is 0. The van der Waals surface area contributed by atoms with Gasteiger partial charge in [-0.25, -0.2) is 0 Å². The number of fused-ring (bicyclic) bond motifs is 1. The van der Waals surface area contributed by atoms with Gasteiger partial charge in [-0.3, -0.25) is 9.69 Å². The number of carbonyl (C=O) groups excluding carboxylic acids is 1. The molecule has 5 aromatic rings. The van der Waals surface area contributed by atoms with Crippen molar-refractivity contribution in [2.75, 3.05) is 27.3 Å². The maximum absolute atomic E-state index is 13.7. The van der Waals surface area contributed by atoms with Crippen molar-refractivity contribution < 1.29 is 18.7 Å². The van der Waals surface area contributed by atoms with E-state index in [0.717, 1.165) is 35.5 Å². The SMILES string of the molecule is COc1ccc(-c2oc3ccccc3c2C(=O)c2ccc(OCCN(C)Cc3ccccc3)cc2)cc1. The van der Waals surface area contributed by atoms with E-state index in [4.69, 9.17) is 13.9 Å². The first-order chi connectivity index (χ1) is 18.1. The maximum Gasteiger partial charge on any atom is 0.197 e. The first-order valence-corrected chi connectivity index (χ1v) is 12.3. The van der Waals surface area contributed by atoms with Crippen LogP contribution in [0.1, 0.15) is 21.5 Å². The van der Waals surface area contributed by atoms with Gasteiger partial charge in [-0.1, -0.05) is 48.5 Å². The topological polar surface area (TPSA) is 51.9 Å². The summed E-state index contributed by atoms with van der Waals surface area (Å²) in [7, 11) is 3.70. The van der Waals surface area contributed by atoms with Crippen molar-refractivity contribution >= 4 is 16.8 Å². The van der Waals surface area contributed by atoms with Crippen molar-refractivity contribution in [1.82, 2.24) is 4.90 Å². The molecule has 0 radical (unpaired) electrons. The molecule has 0 fully saturated rings. The molecule has 0 aliphatic rings. The van der Waals surface area contributed by atoms with Crippen LogP contribution in [-0.4, -0.2) is 38.0 Å². The third-order valence-corrected chi connectivity index (χ3v) is 6.33.